The van der Waals surface area contributed by atoms with Gasteiger partial charge >= 0.3 is 0 Å². The first-order chi connectivity index (χ1) is 10.1. The average molecular weight is 311 g/mol. The predicted molar refractivity (Wildman–Crippen MR) is 85.3 cm³/mol. The minimum Gasteiger partial charge on any atom is -0.326 e. The molecule has 0 unspecified atom stereocenters. The molecular weight excluding hydrogens is 286 g/mol. The Labute approximate surface area is 127 Å². The summed E-state index contributed by atoms with van der Waals surface area (Å²) in [7, 11) is -3.28. The van der Waals surface area contributed by atoms with Crippen molar-refractivity contribution in [2.45, 2.75) is 31.6 Å². The van der Waals surface area contributed by atoms with E-state index < -0.39 is 10.0 Å². The number of likely N-dealkylation sites (tertiary alicyclic amines) is 1. The zero-order chi connectivity index (χ0) is 15.1. The average Bonchev–Trinajstić information content (AvgIpc) is 2.48. The summed E-state index contributed by atoms with van der Waals surface area (Å²) in [6, 6.07) is 7.42. The summed E-state index contributed by atoms with van der Waals surface area (Å²) in [6.07, 6.45) is 3.73. The number of nitrogens with two attached hydrogens (primary N) is 1. The topological polar surface area (TPSA) is 75.4 Å². The van der Waals surface area contributed by atoms with E-state index in [1.807, 2.05) is 24.3 Å². The van der Waals surface area contributed by atoms with Gasteiger partial charge in [0.2, 0.25) is 10.0 Å². The summed E-state index contributed by atoms with van der Waals surface area (Å²) >= 11 is 0. The molecule has 3 N–H and O–H groups in total. The number of piperidine rings is 1. The molecule has 0 bridgehead atoms. The fraction of sp³-hybridized carbons (Fsp3) is 0.600. The van der Waals surface area contributed by atoms with Crippen molar-refractivity contribution in [3.05, 3.63) is 35.4 Å². The minimum atomic E-state index is -3.28. The molecule has 1 aromatic rings. The van der Waals surface area contributed by atoms with Crippen molar-refractivity contribution in [3.63, 3.8) is 0 Å². The molecule has 6 heteroatoms. The van der Waals surface area contributed by atoms with Gasteiger partial charge in [-0.2, -0.15) is 0 Å². The summed E-state index contributed by atoms with van der Waals surface area (Å²) < 4.78 is 26.9. The molecular formula is C15H25N3O2S. The molecule has 1 aromatic carbocycles. The highest BCUT2D eigenvalue weighted by molar-refractivity contribution is 7.88. The van der Waals surface area contributed by atoms with Crippen LogP contribution < -0.4 is 10.5 Å². The molecule has 21 heavy (non-hydrogen) atoms. The van der Waals surface area contributed by atoms with Crippen LogP contribution in [-0.2, 0) is 22.3 Å². The molecule has 1 saturated heterocycles. The van der Waals surface area contributed by atoms with Crippen molar-refractivity contribution in [2.24, 2.45) is 5.73 Å². The molecule has 1 fully saturated rings. The third-order valence-electron chi connectivity index (χ3n) is 3.78. The summed E-state index contributed by atoms with van der Waals surface area (Å²) in [4.78, 5) is 2.32. The van der Waals surface area contributed by atoms with Crippen LogP contribution >= 0.6 is 0 Å². The van der Waals surface area contributed by atoms with Crippen LogP contribution in [0.15, 0.2) is 24.3 Å². The third kappa shape index (κ3) is 5.74. The molecule has 1 heterocycles. The highest BCUT2D eigenvalue weighted by Crippen LogP contribution is 2.09. The maximum atomic E-state index is 12.1. The standard InChI is InChI=1S/C15H25N3O2S/c16-12-14-5-4-6-15(11-14)13-21(19,20)17-7-10-18-8-2-1-3-9-18/h4-6,11,17H,1-3,7-10,12-13,16H2. The zero-order valence-corrected chi connectivity index (χ0v) is 13.2. The smallest absolute Gasteiger partial charge is 0.215 e. The van der Waals surface area contributed by atoms with Crippen molar-refractivity contribution in [2.75, 3.05) is 26.2 Å². The van der Waals surface area contributed by atoms with Crippen LogP contribution in [0, 0.1) is 0 Å². The van der Waals surface area contributed by atoms with E-state index in [2.05, 4.69) is 9.62 Å². The fourth-order valence-corrected chi connectivity index (χ4v) is 3.78. The molecule has 0 saturated carbocycles. The SMILES string of the molecule is NCc1cccc(CS(=O)(=O)NCCN2CCCCC2)c1. The lowest BCUT2D eigenvalue weighted by molar-refractivity contribution is 0.232. The molecule has 0 amide bonds. The highest BCUT2D eigenvalue weighted by atomic mass is 32.2. The molecule has 1 aliphatic heterocycles. The lowest BCUT2D eigenvalue weighted by Gasteiger charge is -2.26. The summed E-state index contributed by atoms with van der Waals surface area (Å²) in [6.45, 7) is 3.87. The zero-order valence-electron chi connectivity index (χ0n) is 12.4. The number of benzene rings is 1. The maximum Gasteiger partial charge on any atom is 0.215 e. The fourth-order valence-electron chi connectivity index (χ4n) is 2.66. The van der Waals surface area contributed by atoms with Gasteiger partial charge in [-0.25, -0.2) is 13.1 Å². The number of nitrogens with zero attached hydrogens (tertiary/aromatic N) is 1. The van der Waals surface area contributed by atoms with E-state index >= 15 is 0 Å². The van der Waals surface area contributed by atoms with E-state index in [-0.39, 0.29) is 5.75 Å². The van der Waals surface area contributed by atoms with Gasteiger partial charge in [0.1, 0.15) is 0 Å². The van der Waals surface area contributed by atoms with Crippen molar-refractivity contribution in [1.82, 2.24) is 9.62 Å². The van der Waals surface area contributed by atoms with Crippen molar-refractivity contribution in [3.8, 4) is 0 Å². The Kier molecular flexibility index (Phi) is 6.17. The molecule has 5 nitrogen and oxygen atoms in total. The van der Waals surface area contributed by atoms with Gasteiger partial charge in [-0.3, -0.25) is 0 Å². The number of sulfonamides is 1. The van der Waals surface area contributed by atoms with Crippen LogP contribution in [-0.4, -0.2) is 39.5 Å². The molecule has 0 atom stereocenters. The Morgan fingerprint density at radius 2 is 1.86 bits per heavy atom. The van der Waals surface area contributed by atoms with Crippen molar-refractivity contribution in [1.29, 1.82) is 0 Å². The van der Waals surface area contributed by atoms with Gasteiger partial charge in [0.05, 0.1) is 5.75 Å². The van der Waals surface area contributed by atoms with E-state index in [0.29, 0.717) is 13.1 Å². The molecule has 118 valence electrons. The maximum absolute atomic E-state index is 12.1. The van der Waals surface area contributed by atoms with E-state index in [1.54, 1.807) is 0 Å². The van der Waals surface area contributed by atoms with Crippen LogP contribution in [0.25, 0.3) is 0 Å². The first-order valence-corrected chi connectivity index (χ1v) is 9.22. The van der Waals surface area contributed by atoms with Gasteiger partial charge < -0.3 is 10.6 Å². The normalized spacial score (nSPS) is 17.0. The van der Waals surface area contributed by atoms with E-state index in [0.717, 1.165) is 30.8 Å². The van der Waals surface area contributed by atoms with E-state index in [1.165, 1.54) is 19.3 Å². The molecule has 0 spiro atoms. The second-order valence-electron chi connectivity index (χ2n) is 5.58. The van der Waals surface area contributed by atoms with Crippen LogP contribution in [0.4, 0.5) is 0 Å². The Hall–Kier alpha value is -0.950. The highest BCUT2D eigenvalue weighted by Gasteiger charge is 2.14. The number of hydrogen-bond donors (Lipinski definition) is 2. The molecule has 2 rings (SSSR count). The molecule has 0 aliphatic carbocycles. The minimum absolute atomic E-state index is 0.0147. The van der Waals surface area contributed by atoms with Gasteiger partial charge in [0, 0.05) is 19.6 Å². The monoisotopic (exact) mass is 311 g/mol. The second kappa shape index (κ2) is 7.89. The quantitative estimate of drug-likeness (QED) is 0.789. The van der Waals surface area contributed by atoms with E-state index in [9.17, 15) is 8.42 Å². The Morgan fingerprint density at radius 3 is 2.57 bits per heavy atom. The van der Waals surface area contributed by atoms with Gasteiger partial charge in [-0.1, -0.05) is 30.7 Å². The Morgan fingerprint density at radius 1 is 1.14 bits per heavy atom. The number of hydrogen-bond acceptors (Lipinski definition) is 4. The summed E-state index contributed by atoms with van der Waals surface area (Å²) in [5.74, 6) is 0.0147. The lowest BCUT2D eigenvalue weighted by Crippen LogP contribution is -2.38. The summed E-state index contributed by atoms with van der Waals surface area (Å²) in [5.41, 5.74) is 7.31. The largest absolute Gasteiger partial charge is 0.326 e. The number of rotatable bonds is 7. The third-order valence-corrected chi connectivity index (χ3v) is 5.14. The molecule has 1 aliphatic rings. The van der Waals surface area contributed by atoms with Crippen LogP contribution in [0.2, 0.25) is 0 Å². The Bertz CT molecular complexity index is 540. The first-order valence-electron chi connectivity index (χ1n) is 7.57. The van der Waals surface area contributed by atoms with Crippen molar-refractivity contribution < 1.29 is 8.42 Å². The second-order valence-corrected chi connectivity index (χ2v) is 7.39. The van der Waals surface area contributed by atoms with Crippen LogP contribution in [0.5, 0.6) is 0 Å². The molecule has 0 radical (unpaired) electrons. The van der Waals surface area contributed by atoms with Crippen molar-refractivity contribution >= 4 is 10.0 Å². The number of nitrogens with one attached hydrogen (secondary N) is 1. The van der Waals surface area contributed by atoms with Crippen LogP contribution in [0.1, 0.15) is 30.4 Å². The van der Waals surface area contributed by atoms with Gasteiger partial charge in [-0.05, 0) is 37.1 Å². The van der Waals surface area contributed by atoms with Gasteiger partial charge in [0.25, 0.3) is 0 Å². The molecule has 0 aromatic heterocycles. The summed E-state index contributed by atoms with van der Waals surface area (Å²) in [5, 5.41) is 0. The van der Waals surface area contributed by atoms with Gasteiger partial charge in [0.15, 0.2) is 0 Å². The Balaban J connectivity index is 1.80. The predicted octanol–water partition coefficient (Wildman–Crippen LogP) is 1.05. The van der Waals surface area contributed by atoms with E-state index in [4.69, 9.17) is 5.73 Å². The first kappa shape index (κ1) is 16.4. The van der Waals surface area contributed by atoms with Gasteiger partial charge in [-0.15, -0.1) is 0 Å². The lowest BCUT2D eigenvalue weighted by atomic mass is 10.1. The van der Waals surface area contributed by atoms with Crippen LogP contribution in [0.3, 0.4) is 0 Å².